The number of benzene rings is 2. The molecule has 1 N–H and O–H groups in total. The van der Waals surface area contributed by atoms with Gasteiger partial charge in [-0.1, -0.05) is 40.2 Å². The minimum atomic E-state index is -1.09. The number of carboxylic acid groups (broad SMARTS) is 1. The molecule has 6 heteroatoms. The van der Waals surface area contributed by atoms with Crippen molar-refractivity contribution < 1.29 is 19.4 Å². The maximum Gasteiger partial charge on any atom is 0.344 e. The minimum Gasteiger partial charge on any atom is -0.493 e. The second-order valence-electron chi connectivity index (χ2n) is 5.15. The van der Waals surface area contributed by atoms with Gasteiger partial charge in [0.2, 0.25) is 0 Å². The van der Waals surface area contributed by atoms with Crippen molar-refractivity contribution in [3.8, 4) is 17.6 Å². The van der Waals surface area contributed by atoms with Crippen LogP contribution in [0.3, 0.4) is 0 Å². The van der Waals surface area contributed by atoms with Gasteiger partial charge in [0.25, 0.3) is 0 Å². The molecule has 0 saturated carbocycles. The summed E-state index contributed by atoms with van der Waals surface area (Å²) in [7, 11) is 1.47. The van der Waals surface area contributed by atoms with Gasteiger partial charge >= 0.3 is 5.97 Å². The first-order valence-corrected chi connectivity index (χ1v) is 8.19. The molecule has 2 aromatic carbocycles. The fourth-order valence-corrected chi connectivity index (χ4v) is 2.39. The molecule has 0 aliphatic rings. The molecular formula is C19H16BrNO4. The summed E-state index contributed by atoms with van der Waals surface area (Å²) in [5.41, 5.74) is 1.73. The number of aliphatic carboxylic acids is 1. The van der Waals surface area contributed by atoms with E-state index >= 15 is 0 Å². The fourth-order valence-electron chi connectivity index (χ4n) is 2.13. The van der Waals surface area contributed by atoms with Crippen molar-refractivity contribution in [2.45, 2.75) is 13.0 Å². The summed E-state index contributed by atoms with van der Waals surface area (Å²) in [6.45, 7) is 1.43. The second-order valence-corrected chi connectivity index (χ2v) is 6.07. The number of halogens is 1. The van der Waals surface area contributed by atoms with E-state index in [-0.39, 0.29) is 5.75 Å². The quantitative estimate of drug-likeness (QED) is 0.573. The molecule has 0 radical (unpaired) electrons. The highest BCUT2D eigenvalue weighted by atomic mass is 79.9. The zero-order chi connectivity index (χ0) is 18.4. The zero-order valence-electron chi connectivity index (χ0n) is 13.7. The number of nitriles is 1. The van der Waals surface area contributed by atoms with E-state index in [2.05, 4.69) is 22.0 Å². The lowest BCUT2D eigenvalue weighted by atomic mass is 10.0. The Morgan fingerprint density at radius 2 is 1.96 bits per heavy atom. The molecule has 0 spiro atoms. The Labute approximate surface area is 154 Å². The lowest BCUT2D eigenvalue weighted by Crippen LogP contribution is -2.23. The van der Waals surface area contributed by atoms with E-state index in [1.807, 2.05) is 24.3 Å². The molecule has 0 amide bonds. The molecule has 0 heterocycles. The number of nitrogens with zero attached hydrogens (tertiary/aromatic N) is 1. The van der Waals surface area contributed by atoms with Gasteiger partial charge in [-0.2, -0.15) is 5.26 Å². The normalized spacial score (nSPS) is 12.2. The Balaban J connectivity index is 2.51. The topological polar surface area (TPSA) is 79.5 Å². The molecule has 0 bridgehead atoms. The van der Waals surface area contributed by atoms with Gasteiger partial charge in [-0.25, -0.2) is 4.79 Å². The third kappa shape index (κ3) is 4.61. The Kier molecular flexibility index (Phi) is 6.20. The second kappa shape index (κ2) is 8.36. The Bertz CT molecular complexity index is 837. The molecule has 25 heavy (non-hydrogen) atoms. The van der Waals surface area contributed by atoms with Crippen LogP contribution < -0.4 is 9.47 Å². The van der Waals surface area contributed by atoms with Crippen molar-refractivity contribution in [2.24, 2.45) is 0 Å². The predicted molar refractivity (Wildman–Crippen MR) is 98.3 cm³/mol. The monoisotopic (exact) mass is 401 g/mol. The summed E-state index contributed by atoms with van der Waals surface area (Å²) in [4.78, 5) is 11.1. The third-order valence-electron chi connectivity index (χ3n) is 3.45. The fraction of sp³-hybridized carbons (Fsp3) is 0.158. The van der Waals surface area contributed by atoms with Gasteiger partial charge in [0, 0.05) is 10.0 Å². The number of rotatable bonds is 6. The molecule has 0 aromatic heterocycles. The van der Waals surface area contributed by atoms with Crippen LogP contribution in [0.1, 0.15) is 18.1 Å². The highest BCUT2D eigenvalue weighted by molar-refractivity contribution is 9.10. The average molecular weight is 402 g/mol. The van der Waals surface area contributed by atoms with Gasteiger partial charge in [0.15, 0.2) is 17.6 Å². The minimum absolute atomic E-state index is 0.282. The summed E-state index contributed by atoms with van der Waals surface area (Å²) in [5, 5.41) is 18.6. The molecule has 2 rings (SSSR count). The van der Waals surface area contributed by atoms with E-state index in [1.54, 1.807) is 24.3 Å². The number of methoxy groups -OCH3 is 1. The highest BCUT2D eigenvalue weighted by Gasteiger charge is 2.18. The van der Waals surface area contributed by atoms with Crippen LogP contribution in [0.4, 0.5) is 0 Å². The average Bonchev–Trinajstić information content (AvgIpc) is 2.61. The van der Waals surface area contributed by atoms with E-state index in [4.69, 9.17) is 14.6 Å². The van der Waals surface area contributed by atoms with Crippen LogP contribution in [0.5, 0.6) is 11.5 Å². The van der Waals surface area contributed by atoms with Gasteiger partial charge in [0.05, 0.1) is 18.8 Å². The first-order valence-electron chi connectivity index (χ1n) is 7.40. The van der Waals surface area contributed by atoms with Gasteiger partial charge in [0.1, 0.15) is 0 Å². The van der Waals surface area contributed by atoms with Crippen LogP contribution in [-0.2, 0) is 4.79 Å². The smallest absolute Gasteiger partial charge is 0.344 e. The van der Waals surface area contributed by atoms with Crippen LogP contribution in [0, 0.1) is 11.3 Å². The van der Waals surface area contributed by atoms with E-state index in [0.717, 1.165) is 10.0 Å². The van der Waals surface area contributed by atoms with Crippen LogP contribution in [0.25, 0.3) is 11.6 Å². The van der Waals surface area contributed by atoms with Gasteiger partial charge in [-0.3, -0.25) is 0 Å². The number of carbonyl (C=O) groups is 1. The first kappa shape index (κ1) is 18.6. The van der Waals surface area contributed by atoms with Gasteiger partial charge in [-0.15, -0.1) is 0 Å². The van der Waals surface area contributed by atoms with Crippen LogP contribution in [-0.4, -0.2) is 24.3 Å². The Morgan fingerprint density at radius 1 is 1.28 bits per heavy atom. The molecule has 0 unspecified atom stereocenters. The standard InChI is InChI=1S/C19H16BrNO4/c1-12(19(22)23)25-18-14(4-3-5-17(18)24-2)10-15(11-21)13-6-8-16(20)9-7-13/h3-10,12H,1-2H3,(H,22,23)/b15-10-/t12-/m0/s1. The molecule has 5 nitrogen and oxygen atoms in total. The van der Waals surface area contributed by atoms with Crippen molar-refractivity contribution in [1.82, 2.24) is 0 Å². The maximum absolute atomic E-state index is 11.1. The van der Waals surface area contributed by atoms with Crippen molar-refractivity contribution in [2.75, 3.05) is 7.11 Å². The van der Waals surface area contributed by atoms with E-state index < -0.39 is 12.1 Å². The van der Waals surface area contributed by atoms with Crippen molar-refractivity contribution in [3.05, 3.63) is 58.1 Å². The van der Waals surface area contributed by atoms with E-state index in [0.29, 0.717) is 16.9 Å². The number of hydrogen-bond donors (Lipinski definition) is 1. The summed E-state index contributed by atoms with van der Waals surface area (Å²) in [6.07, 6.45) is 0.594. The number of para-hydroxylation sites is 1. The zero-order valence-corrected chi connectivity index (χ0v) is 15.3. The summed E-state index contributed by atoms with van der Waals surface area (Å²) >= 11 is 3.36. The SMILES string of the molecule is COc1cccc(/C=C(/C#N)c2ccc(Br)cc2)c1O[C@@H](C)C(=O)O. The van der Waals surface area contributed by atoms with Crippen LogP contribution in [0.15, 0.2) is 46.9 Å². The molecular weight excluding hydrogens is 386 g/mol. The van der Waals surface area contributed by atoms with Crippen LogP contribution in [0.2, 0.25) is 0 Å². The summed E-state index contributed by atoms with van der Waals surface area (Å²) in [5.74, 6) is -0.408. The van der Waals surface area contributed by atoms with Crippen LogP contribution >= 0.6 is 15.9 Å². The number of ether oxygens (including phenoxy) is 2. The Morgan fingerprint density at radius 3 is 2.52 bits per heavy atom. The number of hydrogen-bond acceptors (Lipinski definition) is 4. The van der Waals surface area contributed by atoms with E-state index in [1.165, 1.54) is 14.0 Å². The summed E-state index contributed by atoms with van der Waals surface area (Å²) < 4.78 is 11.7. The molecule has 0 saturated heterocycles. The molecule has 0 aliphatic carbocycles. The van der Waals surface area contributed by atoms with Gasteiger partial charge in [-0.05, 0) is 36.8 Å². The molecule has 128 valence electrons. The first-order chi connectivity index (χ1) is 12.0. The largest absolute Gasteiger partial charge is 0.493 e. The highest BCUT2D eigenvalue weighted by Crippen LogP contribution is 2.34. The molecule has 0 aliphatic heterocycles. The summed E-state index contributed by atoms with van der Waals surface area (Å²) in [6, 6.07) is 14.6. The van der Waals surface area contributed by atoms with E-state index in [9.17, 15) is 10.1 Å². The molecule has 1 atom stereocenters. The Hall–Kier alpha value is -2.78. The van der Waals surface area contributed by atoms with Crippen molar-refractivity contribution in [1.29, 1.82) is 5.26 Å². The maximum atomic E-state index is 11.1. The lowest BCUT2D eigenvalue weighted by Gasteiger charge is -2.16. The van der Waals surface area contributed by atoms with Crippen molar-refractivity contribution in [3.63, 3.8) is 0 Å². The number of allylic oxidation sites excluding steroid dienone is 1. The third-order valence-corrected chi connectivity index (χ3v) is 3.98. The van der Waals surface area contributed by atoms with Gasteiger partial charge < -0.3 is 14.6 Å². The predicted octanol–water partition coefficient (Wildman–Crippen LogP) is 4.37. The molecule has 2 aromatic rings. The molecule has 0 fully saturated rings. The lowest BCUT2D eigenvalue weighted by molar-refractivity contribution is -0.144. The van der Waals surface area contributed by atoms with Crippen molar-refractivity contribution >= 4 is 33.5 Å². The number of carboxylic acids is 1.